The summed E-state index contributed by atoms with van der Waals surface area (Å²) < 4.78 is 16.4. The van der Waals surface area contributed by atoms with Crippen LogP contribution in [-0.2, 0) is 14.3 Å². The molecule has 1 fully saturated rings. The molecule has 0 bridgehead atoms. The van der Waals surface area contributed by atoms with Crippen molar-refractivity contribution in [1.82, 2.24) is 9.91 Å². The molecule has 8 heteroatoms. The molecule has 0 unspecified atom stereocenters. The van der Waals surface area contributed by atoms with Gasteiger partial charge in [0.1, 0.15) is 17.5 Å². The van der Waals surface area contributed by atoms with Crippen LogP contribution in [0.25, 0.3) is 0 Å². The molecule has 0 radical (unpaired) electrons. The van der Waals surface area contributed by atoms with Gasteiger partial charge in [0.2, 0.25) is 0 Å². The van der Waals surface area contributed by atoms with Gasteiger partial charge in [0.05, 0.1) is 39.1 Å². The van der Waals surface area contributed by atoms with Gasteiger partial charge in [-0.05, 0) is 50.1 Å². The first kappa shape index (κ1) is 24.7. The Bertz CT molecular complexity index is 1070. The first-order valence-electron chi connectivity index (χ1n) is 12.1. The second-order valence-corrected chi connectivity index (χ2v) is 8.71. The molecule has 35 heavy (non-hydrogen) atoms. The van der Waals surface area contributed by atoms with E-state index in [1.54, 1.807) is 26.2 Å². The van der Waals surface area contributed by atoms with E-state index in [2.05, 4.69) is 0 Å². The van der Waals surface area contributed by atoms with Crippen molar-refractivity contribution in [3.05, 3.63) is 59.7 Å². The van der Waals surface area contributed by atoms with Crippen LogP contribution in [0.1, 0.15) is 49.8 Å². The van der Waals surface area contributed by atoms with Crippen molar-refractivity contribution < 1.29 is 23.8 Å². The van der Waals surface area contributed by atoms with Crippen molar-refractivity contribution in [2.24, 2.45) is 5.10 Å². The molecule has 0 spiro atoms. The van der Waals surface area contributed by atoms with Gasteiger partial charge in [-0.25, -0.2) is 5.01 Å². The molecule has 2 aromatic carbocycles. The quantitative estimate of drug-likeness (QED) is 0.536. The van der Waals surface area contributed by atoms with E-state index in [1.165, 1.54) is 0 Å². The fraction of sp³-hybridized carbons (Fsp3) is 0.444. The van der Waals surface area contributed by atoms with E-state index in [0.29, 0.717) is 37.5 Å². The third kappa shape index (κ3) is 5.48. The van der Waals surface area contributed by atoms with E-state index < -0.39 is 6.04 Å². The van der Waals surface area contributed by atoms with Crippen LogP contribution in [0.5, 0.6) is 11.5 Å². The maximum atomic E-state index is 13.7. The van der Waals surface area contributed by atoms with E-state index in [4.69, 9.17) is 19.3 Å². The van der Waals surface area contributed by atoms with Crippen LogP contribution in [0.4, 0.5) is 0 Å². The molecule has 2 aliphatic heterocycles. The number of likely N-dealkylation sites (tertiary alicyclic amines) is 1. The van der Waals surface area contributed by atoms with Gasteiger partial charge in [-0.3, -0.25) is 14.5 Å². The van der Waals surface area contributed by atoms with Crippen molar-refractivity contribution >= 4 is 17.6 Å². The molecule has 2 aliphatic rings. The number of rotatable bonds is 8. The summed E-state index contributed by atoms with van der Waals surface area (Å²) in [7, 11) is 3.23. The Balaban J connectivity index is 1.65. The van der Waals surface area contributed by atoms with Crippen LogP contribution in [0.15, 0.2) is 53.6 Å². The number of hydrazone groups is 1. The molecule has 0 aromatic heterocycles. The molecule has 2 aromatic rings. The highest BCUT2D eigenvalue weighted by Gasteiger charge is 2.38. The van der Waals surface area contributed by atoms with Crippen LogP contribution in [0.3, 0.4) is 0 Å². The molecule has 1 saturated heterocycles. The molecular weight excluding hydrogens is 446 g/mol. The van der Waals surface area contributed by atoms with Gasteiger partial charge < -0.3 is 14.2 Å². The maximum Gasteiger partial charge on any atom is 0.323 e. The predicted molar refractivity (Wildman–Crippen MR) is 133 cm³/mol. The number of hydrogen-bond donors (Lipinski definition) is 0. The fourth-order valence-electron chi connectivity index (χ4n) is 4.82. The summed E-state index contributed by atoms with van der Waals surface area (Å²) in [5, 5.41) is 6.33. The lowest BCUT2D eigenvalue weighted by molar-refractivity contribution is -0.152. The standard InChI is InChI=1S/C27H33N3O5/c1-4-35-27(32)23-12-8-9-15-29(23)18-26(31)30-24(17-22(28-30)19-10-6-5-7-11-19)21-16-20(33-2)13-14-25(21)34-3/h5-7,10-11,13-14,16,23-24H,4,8-9,12,15,17-18H2,1-3H3/t23-,24-/m1/s1. The third-order valence-electron chi connectivity index (χ3n) is 6.58. The Hall–Kier alpha value is -3.39. The summed E-state index contributed by atoms with van der Waals surface area (Å²) in [6.07, 6.45) is 3.12. The van der Waals surface area contributed by atoms with Gasteiger partial charge in [0.15, 0.2) is 0 Å². The maximum absolute atomic E-state index is 13.7. The molecule has 186 valence electrons. The van der Waals surface area contributed by atoms with Gasteiger partial charge in [0.25, 0.3) is 5.91 Å². The molecule has 8 nitrogen and oxygen atoms in total. The monoisotopic (exact) mass is 479 g/mol. The number of methoxy groups -OCH3 is 2. The smallest absolute Gasteiger partial charge is 0.323 e. The van der Waals surface area contributed by atoms with Gasteiger partial charge in [-0.2, -0.15) is 5.10 Å². The minimum atomic E-state index is -0.405. The summed E-state index contributed by atoms with van der Waals surface area (Å²) in [5.74, 6) is 0.920. The van der Waals surface area contributed by atoms with Crippen molar-refractivity contribution in [1.29, 1.82) is 0 Å². The molecule has 1 amide bonds. The molecule has 4 rings (SSSR count). The van der Waals surface area contributed by atoms with Crippen LogP contribution in [-0.4, -0.2) is 67.5 Å². The third-order valence-corrected chi connectivity index (χ3v) is 6.58. The van der Waals surface area contributed by atoms with Gasteiger partial charge in [-0.1, -0.05) is 36.8 Å². The first-order chi connectivity index (χ1) is 17.0. The van der Waals surface area contributed by atoms with Crippen molar-refractivity contribution in [2.75, 3.05) is 33.9 Å². The van der Waals surface area contributed by atoms with E-state index >= 15 is 0 Å². The van der Waals surface area contributed by atoms with Crippen LogP contribution in [0, 0.1) is 0 Å². The topological polar surface area (TPSA) is 80.7 Å². The lowest BCUT2D eigenvalue weighted by atomic mass is 9.97. The number of benzene rings is 2. The molecule has 0 aliphatic carbocycles. The fourth-order valence-corrected chi connectivity index (χ4v) is 4.82. The zero-order valence-electron chi connectivity index (χ0n) is 20.6. The van der Waals surface area contributed by atoms with Gasteiger partial charge in [-0.15, -0.1) is 0 Å². The summed E-state index contributed by atoms with van der Waals surface area (Å²) in [5.41, 5.74) is 2.63. The zero-order chi connectivity index (χ0) is 24.8. The molecular formula is C27H33N3O5. The number of esters is 1. The summed E-state index contributed by atoms with van der Waals surface area (Å²) in [6.45, 7) is 2.89. The van der Waals surface area contributed by atoms with Crippen molar-refractivity contribution in [2.45, 2.75) is 44.7 Å². The van der Waals surface area contributed by atoms with Crippen LogP contribution < -0.4 is 9.47 Å². The highest BCUT2D eigenvalue weighted by molar-refractivity contribution is 6.03. The van der Waals surface area contributed by atoms with E-state index in [1.807, 2.05) is 53.4 Å². The second-order valence-electron chi connectivity index (χ2n) is 8.71. The summed E-state index contributed by atoms with van der Waals surface area (Å²) in [4.78, 5) is 28.2. The van der Waals surface area contributed by atoms with Crippen LogP contribution >= 0.6 is 0 Å². The van der Waals surface area contributed by atoms with Gasteiger partial charge in [0, 0.05) is 12.0 Å². The lowest BCUT2D eigenvalue weighted by Crippen LogP contribution is -2.49. The van der Waals surface area contributed by atoms with Crippen molar-refractivity contribution in [3.63, 3.8) is 0 Å². The number of piperidine rings is 1. The average molecular weight is 480 g/mol. The highest BCUT2D eigenvalue weighted by atomic mass is 16.5. The minimum absolute atomic E-state index is 0.0951. The highest BCUT2D eigenvalue weighted by Crippen LogP contribution is 2.39. The van der Waals surface area contributed by atoms with E-state index in [-0.39, 0.29) is 24.5 Å². The van der Waals surface area contributed by atoms with E-state index in [0.717, 1.165) is 29.7 Å². The summed E-state index contributed by atoms with van der Waals surface area (Å²) in [6, 6.07) is 14.7. The Morgan fingerprint density at radius 2 is 1.86 bits per heavy atom. The summed E-state index contributed by atoms with van der Waals surface area (Å²) >= 11 is 0. The number of amides is 1. The number of nitrogens with zero attached hydrogens (tertiary/aromatic N) is 3. The Kier molecular flexibility index (Phi) is 8.02. The first-order valence-corrected chi connectivity index (χ1v) is 12.1. The van der Waals surface area contributed by atoms with Gasteiger partial charge >= 0.3 is 5.97 Å². The largest absolute Gasteiger partial charge is 0.497 e. The molecule has 2 atom stereocenters. The van der Waals surface area contributed by atoms with E-state index in [9.17, 15) is 9.59 Å². The normalized spacial score (nSPS) is 20.3. The van der Waals surface area contributed by atoms with Crippen molar-refractivity contribution in [3.8, 4) is 11.5 Å². The second kappa shape index (κ2) is 11.4. The SMILES string of the molecule is CCOC(=O)[C@H]1CCCCN1CC(=O)N1N=C(c2ccccc2)C[C@@H]1c1cc(OC)ccc1OC. The number of carbonyl (C=O) groups excluding carboxylic acids is 2. The zero-order valence-corrected chi connectivity index (χ0v) is 20.6. The Labute approximate surface area is 206 Å². The average Bonchev–Trinajstić information content (AvgIpc) is 3.35. The number of hydrogen-bond acceptors (Lipinski definition) is 7. The Morgan fingerprint density at radius 1 is 1.06 bits per heavy atom. The number of carbonyl (C=O) groups is 2. The predicted octanol–water partition coefficient (Wildman–Crippen LogP) is 3.80. The Morgan fingerprint density at radius 3 is 2.57 bits per heavy atom. The lowest BCUT2D eigenvalue weighted by Gasteiger charge is -2.34. The number of ether oxygens (including phenoxy) is 3. The molecule has 2 heterocycles. The minimum Gasteiger partial charge on any atom is -0.497 e. The molecule has 0 saturated carbocycles. The van der Waals surface area contributed by atoms with Crippen LogP contribution in [0.2, 0.25) is 0 Å². The molecule has 0 N–H and O–H groups in total.